The maximum Gasteiger partial charge on any atom is 0.254 e. The molecule has 0 aliphatic rings. The van der Waals surface area contributed by atoms with Gasteiger partial charge in [0.2, 0.25) is 0 Å². The highest BCUT2D eigenvalue weighted by Gasteiger charge is 2.12. The molecule has 2 aromatic rings. The summed E-state index contributed by atoms with van der Waals surface area (Å²) in [7, 11) is 0. The molecular weight excluding hydrogens is 273 g/mol. The van der Waals surface area contributed by atoms with E-state index in [1.807, 2.05) is 30.3 Å². The first-order valence-corrected chi connectivity index (χ1v) is 5.93. The maximum atomic E-state index is 11.9. The van der Waals surface area contributed by atoms with Gasteiger partial charge in [0.25, 0.3) is 5.91 Å². The summed E-state index contributed by atoms with van der Waals surface area (Å²) < 4.78 is 0. The molecule has 1 aromatic heterocycles. The van der Waals surface area contributed by atoms with E-state index < -0.39 is 0 Å². The summed E-state index contributed by atoms with van der Waals surface area (Å²) in [5.41, 5.74) is 1.21. The fourth-order valence-electron chi connectivity index (χ4n) is 1.39. The number of nitrogens with one attached hydrogen (secondary N) is 1. The van der Waals surface area contributed by atoms with Gasteiger partial charge in [-0.25, -0.2) is 0 Å². The van der Waals surface area contributed by atoms with Gasteiger partial charge in [0.1, 0.15) is 0 Å². The van der Waals surface area contributed by atoms with Gasteiger partial charge in [-0.05, 0) is 11.6 Å². The van der Waals surface area contributed by atoms with Gasteiger partial charge in [0, 0.05) is 6.54 Å². The van der Waals surface area contributed by atoms with Crippen molar-refractivity contribution in [3.8, 4) is 0 Å². The summed E-state index contributed by atoms with van der Waals surface area (Å²) >= 11 is 11.4. The fourth-order valence-corrected chi connectivity index (χ4v) is 1.71. The van der Waals surface area contributed by atoms with Crippen molar-refractivity contribution in [2.45, 2.75) is 6.54 Å². The summed E-state index contributed by atoms with van der Waals surface area (Å²) in [5.74, 6) is -0.333. The van der Waals surface area contributed by atoms with Crippen LogP contribution in [0.15, 0.2) is 36.4 Å². The van der Waals surface area contributed by atoms with E-state index in [0.29, 0.717) is 6.54 Å². The third-order valence-corrected chi connectivity index (χ3v) is 2.72. The molecular formula is C12H9Cl2N3O. The number of nitrogens with zero attached hydrogens (tertiary/aromatic N) is 2. The zero-order valence-electron chi connectivity index (χ0n) is 9.23. The minimum absolute atomic E-state index is 0.0324. The molecule has 18 heavy (non-hydrogen) atoms. The molecule has 0 unspecified atom stereocenters. The third-order valence-electron chi connectivity index (χ3n) is 2.26. The van der Waals surface area contributed by atoms with Gasteiger partial charge in [-0.2, -0.15) is 0 Å². The maximum absolute atomic E-state index is 11.9. The number of carbonyl (C=O) groups is 1. The van der Waals surface area contributed by atoms with Gasteiger partial charge in [0.15, 0.2) is 10.3 Å². The van der Waals surface area contributed by atoms with Crippen LogP contribution >= 0.6 is 23.2 Å². The Morgan fingerprint density at radius 1 is 1.17 bits per heavy atom. The number of hydrogen-bond donors (Lipinski definition) is 1. The molecule has 1 heterocycles. The molecule has 92 valence electrons. The van der Waals surface area contributed by atoms with Gasteiger partial charge in [-0.1, -0.05) is 53.5 Å². The van der Waals surface area contributed by atoms with Crippen LogP contribution in [0.2, 0.25) is 10.3 Å². The summed E-state index contributed by atoms with van der Waals surface area (Å²) in [5, 5.41) is 10.0. The minimum Gasteiger partial charge on any atom is -0.348 e. The van der Waals surface area contributed by atoms with Gasteiger partial charge < -0.3 is 5.32 Å². The largest absolute Gasteiger partial charge is 0.348 e. The Labute approximate surface area is 114 Å². The molecule has 0 spiro atoms. The summed E-state index contributed by atoms with van der Waals surface area (Å²) in [6.07, 6.45) is 0. The van der Waals surface area contributed by atoms with Crippen molar-refractivity contribution in [1.29, 1.82) is 0 Å². The second-order valence-corrected chi connectivity index (χ2v) is 4.29. The highest BCUT2D eigenvalue weighted by Crippen LogP contribution is 2.15. The zero-order chi connectivity index (χ0) is 13.0. The lowest BCUT2D eigenvalue weighted by atomic mass is 10.2. The van der Waals surface area contributed by atoms with Crippen LogP contribution in [0.1, 0.15) is 15.9 Å². The first kappa shape index (κ1) is 12.8. The minimum atomic E-state index is -0.333. The standard InChI is InChI=1S/C12H9Cl2N3O/c13-10-6-9(11(14)17-16-10)12(18)15-7-8-4-2-1-3-5-8/h1-6H,7H2,(H,15,18). The smallest absolute Gasteiger partial charge is 0.254 e. The SMILES string of the molecule is O=C(NCc1ccccc1)c1cc(Cl)nnc1Cl. The number of amides is 1. The van der Waals surface area contributed by atoms with Crippen LogP contribution in [0.25, 0.3) is 0 Å². The van der Waals surface area contributed by atoms with Crippen LogP contribution in [0.5, 0.6) is 0 Å². The molecule has 0 radical (unpaired) electrons. The number of rotatable bonds is 3. The molecule has 0 aliphatic heterocycles. The third kappa shape index (κ3) is 3.18. The van der Waals surface area contributed by atoms with Crippen molar-refractivity contribution in [3.63, 3.8) is 0 Å². The summed E-state index contributed by atoms with van der Waals surface area (Å²) in [6.45, 7) is 0.413. The van der Waals surface area contributed by atoms with E-state index in [2.05, 4.69) is 15.5 Å². The molecule has 4 nitrogen and oxygen atoms in total. The number of benzene rings is 1. The lowest BCUT2D eigenvalue weighted by Gasteiger charge is -2.06. The van der Waals surface area contributed by atoms with Crippen molar-refractivity contribution >= 4 is 29.1 Å². The van der Waals surface area contributed by atoms with E-state index >= 15 is 0 Å². The lowest BCUT2D eigenvalue weighted by Crippen LogP contribution is -2.23. The van der Waals surface area contributed by atoms with Crippen molar-refractivity contribution in [2.75, 3.05) is 0 Å². The predicted octanol–water partition coefficient (Wildman–Crippen LogP) is 2.71. The topological polar surface area (TPSA) is 54.9 Å². The number of carbonyl (C=O) groups excluding carboxylic acids is 1. The normalized spacial score (nSPS) is 10.1. The Bertz CT molecular complexity index is 561. The highest BCUT2D eigenvalue weighted by atomic mass is 35.5. The molecule has 0 fully saturated rings. The number of hydrogen-bond acceptors (Lipinski definition) is 3. The second-order valence-electron chi connectivity index (χ2n) is 3.54. The van der Waals surface area contributed by atoms with Gasteiger partial charge in [-0.3, -0.25) is 4.79 Å². The molecule has 1 N–H and O–H groups in total. The average Bonchev–Trinajstić information content (AvgIpc) is 2.40. The van der Waals surface area contributed by atoms with E-state index in [1.165, 1.54) is 6.07 Å². The van der Waals surface area contributed by atoms with Crippen LogP contribution in [-0.4, -0.2) is 16.1 Å². The van der Waals surface area contributed by atoms with Crippen molar-refractivity contribution in [1.82, 2.24) is 15.5 Å². The Balaban J connectivity index is 2.06. The molecule has 1 amide bonds. The molecule has 0 atom stereocenters. The van der Waals surface area contributed by atoms with E-state index in [9.17, 15) is 4.79 Å². The van der Waals surface area contributed by atoms with Crippen LogP contribution in [0, 0.1) is 0 Å². The molecule has 0 bridgehead atoms. The Hall–Kier alpha value is -1.65. The molecule has 6 heteroatoms. The second kappa shape index (κ2) is 5.80. The van der Waals surface area contributed by atoms with Crippen molar-refractivity contribution in [3.05, 3.63) is 57.8 Å². The Morgan fingerprint density at radius 3 is 2.61 bits per heavy atom. The fraction of sp³-hybridized carbons (Fsp3) is 0.0833. The quantitative estimate of drug-likeness (QED) is 0.941. The van der Waals surface area contributed by atoms with E-state index in [0.717, 1.165) is 5.56 Å². The summed E-state index contributed by atoms with van der Waals surface area (Å²) in [4.78, 5) is 11.9. The first-order valence-electron chi connectivity index (χ1n) is 5.17. The monoisotopic (exact) mass is 281 g/mol. The molecule has 0 aliphatic carbocycles. The molecule has 1 aromatic carbocycles. The van der Waals surface area contributed by atoms with Crippen LogP contribution < -0.4 is 5.32 Å². The van der Waals surface area contributed by atoms with Crippen LogP contribution in [0.4, 0.5) is 0 Å². The van der Waals surface area contributed by atoms with Gasteiger partial charge >= 0.3 is 0 Å². The lowest BCUT2D eigenvalue weighted by molar-refractivity contribution is 0.0950. The van der Waals surface area contributed by atoms with Crippen LogP contribution in [0.3, 0.4) is 0 Å². The summed E-state index contributed by atoms with van der Waals surface area (Å²) in [6, 6.07) is 10.9. The molecule has 0 saturated carbocycles. The zero-order valence-corrected chi connectivity index (χ0v) is 10.7. The molecule has 0 saturated heterocycles. The van der Waals surface area contributed by atoms with E-state index in [1.54, 1.807) is 0 Å². The van der Waals surface area contributed by atoms with Crippen molar-refractivity contribution in [2.24, 2.45) is 0 Å². The van der Waals surface area contributed by atoms with Crippen LogP contribution in [-0.2, 0) is 6.54 Å². The highest BCUT2D eigenvalue weighted by molar-refractivity contribution is 6.34. The Morgan fingerprint density at radius 2 is 1.89 bits per heavy atom. The predicted molar refractivity (Wildman–Crippen MR) is 69.7 cm³/mol. The average molecular weight is 282 g/mol. The van der Waals surface area contributed by atoms with E-state index in [4.69, 9.17) is 23.2 Å². The van der Waals surface area contributed by atoms with Gasteiger partial charge in [-0.15, -0.1) is 10.2 Å². The number of halogens is 2. The van der Waals surface area contributed by atoms with Crippen molar-refractivity contribution < 1.29 is 4.79 Å². The molecule has 2 rings (SSSR count). The Kier molecular flexibility index (Phi) is 4.12. The first-order chi connectivity index (χ1) is 8.66. The number of aromatic nitrogens is 2. The van der Waals surface area contributed by atoms with E-state index in [-0.39, 0.29) is 21.8 Å². The van der Waals surface area contributed by atoms with Gasteiger partial charge in [0.05, 0.1) is 5.56 Å².